The van der Waals surface area contributed by atoms with E-state index in [2.05, 4.69) is 9.80 Å². The minimum absolute atomic E-state index is 0.0927. The number of nitro groups is 1. The SMILES string of the molecule is COc1ccc(C2(C)C(=O)c3c(N4CCN(C)CC4)cc(Cl)cc3N(Cc3ccccc3[N+](=O)[O-])C2=O)cc1. The smallest absolute Gasteiger partial charge is 0.274 e. The van der Waals surface area contributed by atoms with Crippen LogP contribution in [0.3, 0.4) is 0 Å². The Hall–Kier alpha value is -3.95. The van der Waals surface area contributed by atoms with Crippen LogP contribution in [0.15, 0.2) is 60.7 Å². The van der Waals surface area contributed by atoms with Crippen LogP contribution in [0.1, 0.15) is 28.4 Å². The van der Waals surface area contributed by atoms with Crippen LogP contribution < -0.4 is 14.5 Å². The Labute approximate surface area is 231 Å². The number of nitrogens with zero attached hydrogens (tertiary/aromatic N) is 4. The van der Waals surface area contributed by atoms with Gasteiger partial charge in [0.2, 0.25) is 5.91 Å². The number of hydrogen-bond acceptors (Lipinski definition) is 7. The lowest BCUT2D eigenvalue weighted by Crippen LogP contribution is -2.55. The van der Waals surface area contributed by atoms with Crippen LogP contribution in [-0.4, -0.2) is 61.9 Å². The molecular weight excluding hydrogens is 520 g/mol. The molecule has 0 radical (unpaired) electrons. The van der Waals surface area contributed by atoms with Gasteiger partial charge in [-0.1, -0.05) is 41.9 Å². The van der Waals surface area contributed by atoms with Crippen molar-refractivity contribution in [1.29, 1.82) is 0 Å². The molecule has 2 aliphatic heterocycles. The molecule has 0 aromatic heterocycles. The molecule has 3 aromatic rings. The molecule has 1 fully saturated rings. The molecule has 1 amide bonds. The summed E-state index contributed by atoms with van der Waals surface area (Å²) in [5.74, 6) is -0.216. The molecule has 0 N–H and O–H groups in total. The van der Waals surface area contributed by atoms with Gasteiger partial charge in [0.15, 0.2) is 5.78 Å². The fourth-order valence-electron chi connectivity index (χ4n) is 5.38. The molecule has 1 saturated heterocycles. The van der Waals surface area contributed by atoms with E-state index in [0.29, 0.717) is 51.9 Å². The van der Waals surface area contributed by atoms with Crippen LogP contribution in [0.2, 0.25) is 5.02 Å². The Balaban J connectivity index is 1.72. The molecule has 0 saturated carbocycles. The van der Waals surface area contributed by atoms with Gasteiger partial charge in [-0.3, -0.25) is 19.7 Å². The number of piperazine rings is 1. The number of fused-ring (bicyclic) bond motifs is 1. The number of ketones is 1. The zero-order valence-electron chi connectivity index (χ0n) is 22.0. The summed E-state index contributed by atoms with van der Waals surface area (Å²) in [7, 11) is 3.59. The van der Waals surface area contributed by atoms with E-state index in [1.165, 1.54) is 11.0 Å². The first-order valence-corrected chi connectivity index (χ1v) is 13.0. The van der Waals surface area contributed by atoms with Crippen molar-refractivity contribution >= 4 is 40.4 Å². The fraction of sp³-hybridized carbons (Fsp3) is 0.310. The maximum Gasteiger partial charge on any atom is 0.274 e. The van der Waals surface area contributed by atoms with Crippen molar-refractivity contribution in [3.8, 4) is 5.75 Å². The number of ether oxygens (including phenoxy) is 1. The number of likely N-dealkylation sites (N-methyl/N-ethyl adjacent to an activating group) is 1. The first kappa shape index (κ1) is 26.6. The van der Waals surface area contributed by atoms with Crippen LogP contribution in [0, 0.1) is 10.1 Å². The number of Topliss-reactive ketones (excluding diaryl/α,β-unsaturated/α-hetero) is 1. The average Bonchev–Trinajstić information content (AvgIpc) is 2.94. The standard InChI is InChI=1S/C29H29ClN4O5/c1-29(20-8-10-22(39-3)11-9-20)27(35)26-24(32-14-12-31(2)13-15-32)16-21(30)17-25(26)33(28(29)36)18-19-6-4-5-7-23(19)34(37)38/h4-11,16-17H,12-15,18H2,1-3H3. The van der Waals surface area contributed by atoms with E-state index < -0.39 is 16.2 Å². The number of carbonyl (C=O) groups is 2. The lowest BCUT2D eigenvalue weighted by molar-refractivity contribution is -0.385. The van der Waals surface area contributed by atoms with Gasteiger partial charge in [-0.05, 0) is 43.8 Å². The van der Waals surface area contributed by atoms with Gasteiger partial charge in [-0.15, -0.1) is 0 Å². The average molecular weight is 549 g/mol. The van der Waals surface area contributed by atoms with Crippen molar-refractivity contribution in [2.75, 3.05) is 50.1 Å². The first-order valence-electron chi connectivity index (χ1n) is 12.7. The summed E-state index contributed by atoms with van der Waals surface area (Å²) < 4.78 is 5.29. The van der Waals surface area contributed by atoms with Gasteiger partial charge in [0.1, 0.15) is 11.2 Å². The van der Waals surface area contributed by atoms with Crippen molar-refractivity contribution in [3.63, 3.8) is 0 Å². The van der Waals surface area contributed by atoms with Crippen LogP contribution in [0.25, 0.3) is 0 Å². The third-order valence-electron chi connectivity index (χ3n) is 7.73. The molecular formula is C29H29ClN4O5. The van der Waals surface area contributed by atoms with Gasteiger partial charge in [-0.2, -0.15) is 0 Å². The van der Waals surface area contributed by atoms with Gasteiger partial charge in [0.05, 0.1) is 35.5 Å². The second-order valence-electron chi connectivity index (χ2n) is 10.1. The van der Waals surface area contributed by atoms with Crippen molar-refractivity contribution in [2.24, 2.45) is 0 Å². The zero-order chi connectivity index (χ0) is 27.9. The molecule has 3 aromatic carbocycles. The van der Waals surface area contributed by atoms with E-state index in [4.69, 9.17) is 16.3 Å². The molecule has 0 aliphatic carbocycles. The molecule has 0 bridgehead atoms. The number of anilines is 2. The van der Waals surface area contributed by atoms with Gasteiger partial charge in [-0.25, -0.2) is 0 Å². The monoisotopic (exact) mass is 548 g/mol. The maximum atomic E-state index is 14.4. The molecule has 9 nitrogen and oxygen atoms in total. The number of hydrogen-bond donors (Lipinski definition) is 0. The second kappa shape index (κ2) is 10.3. The summed E-state index contributed by atoms with van der Waals surface area (Å²) in [6.45, 7) is 4.53. The Morgan fingerprint density at radius 2 is 1.64 bits per heavy atom. The number of nitro benzene ring substituents is 1. The Bertz CT molecular complexity index is 1450. The number of carbonyl (C=O) groups excluding carboxylic acids is 2. The number of methoxy groups -OCH3 is 1. The van der Waals surface area contributed by atoms with E-state index in [0.717, 1.165) is 13.1 Å². The second-order valence-corrected chi connectivity index (χ2v) is 10.5. The highest BCUT2D eigenvalue weighted by atomic mass is 35.5. The molecule has 0 spiro atoms. The molecule has 202 valence electrons. The molecule has 39 heavy (non-hydrogen) atoms. The van der Waals surface area contributed by atoms with E-state index in [1.54, 1.807) is 68.6 Å². The highest BCUT2D eigenvalue weighted by Crippen LogP contribution is 2.46. The summed E-state index contributed by atoms with van der Waals surface area (Å²) in [6, 6.07) is 16.6. The van der Waals surface area contributed by atoms with Gasteiger partial charge in [0, 0.05) is 42.8 Å². The number of halogens is 1. The quantitative estimate of drug-likeness (QED) is 0.250. The largest absolute Gasteiger partial charge is 0.497 e. The normalized spacial score (nSPS) is 19.7. The molecule has 1 unspecified atom stereocenters. The minimum Gasteiger partial charge on any atom is -0.497 e. The number of benzene rings is 3. The minimum atomic E-state index is -1.57. The summed E-state index contributed by atoms with van der Waals surface area (Å²) in [6.07, 6.45) is 0. The van der Waals surface area contributed by atoms with Crippen LogP contribution in [0.5, 0.6) is 5.75 Å². The van der Waals surface area contributed by atoms with Crippen molar-refractivity contribution in [1.82, 2.24) is 4.90 Å². The Morgan fingerprint density at radius 1 is 1.00 bits per heavy atom. The number of rotatable bonds is 6. The third-order valence-corrected chi connectivity index (χ3v) is 7.95. The van der Waals surface area contributed by atoms with Gasteiger partial charge in [0.25, 0.3) is 5.69 Å². The van der Waals surface area contributed by atoms with E-state index in [1.807, 2.05) is 7.05 Å². The summed E-state index contributed by atoms with van der Waals surface area (Å²) in [5, 5.41) is 12.2. The maximum absolute atomic E-state index is 14.4. The number of amides is 1. The van der Waals surface area contributed by atoms with Crippen LogP contribution in [-0.2, 0) is 16.8 Å². The third kappa shape index (κ3) is 4.62. The molecule has 1 atom stereocenters. The lowest BCUT2D eigenvalue weighted by Gasteiger charge is -2.42. The van der Waals surface area contributed by atoms with Crippen LogP contribution >= 0.6 is 11.6 Å². The van der Waals surface area contributed by atoms with Crippen molar-refractivity contribution in [3.05, 3.63) is 92.5 Å². The van der Waals surface area contributed by atoms with Crippen molar-refractivity contribution in [2.45, 2.75) is 18.9 Å². The van der Waals surface area contributed by atoms with Gasteiger partial charge < -0.3 is 19.4 Å². The first-order chi connectivity index (χ1) is 18.6. The summed E-state index contributed by atoms with van der Waals surface area (Å²) in [5.41, 5.74) is 0.602. The summed E-state index contributed by atoms with van der Waals surface area (Å²) >= 11 is 6.59. The molecule has 2 aliphatic rings. The zero-order valence-corrected chi connectivity index (χ0v) is 22.8. The Kier molecular flexibility index (Phi) is 7.05. The molecule has 10 heteroatoms. The van der Waals surface area contributed by atoms with Gasteiger partial charge >= 0.3 is 0 Å². The van der Waals surface area contributed by atoms with Crippen molar-refractivity contribution < 1.29 is 19.2 Å². The highest BCUT2D eigenvalue weighted by Gasteiger charge is 2.52. The van der Waals surface area contributed by atoms with E-state index in [-0.39, 0.29) is 18.0 Å². The predicted octanol–water partition coefficient (Wildman–Crippen LogP) is 4.70. The van der Waals surface area contributed by atoms with Crippen LogP contribution in [0.4, 0.5) is 17.1 Å². The Morgan fingerprint density at radius 3 is 2.28 bits per heavy atom. The highest BCUT2D eigenvalue weighted by molar-refractivity contribution is 6.34. The predicted molar refractivity (Wildman–Crippen MR) is 150 cm³/mol. The fourth-order valence-corrected chi connectivity index (χ4v) is 5.58. The van der Waals surface area contributed by atoms with E-state index >= 15 is 0 Å². The lowest BCUT2D eigenvalue weighted by atomic mass is 9.71. The summed E-state index contributed by atoms with van der Waals surface area (Å²) in [4.78, 5) is 45.9. The molecule has 2 heterocycles. The van der Waals surface area contributed by atoms with E-state index in [9.17, 15) is 19.7 Å². The molecule has 5 rings (SSSR count). The number of para-hydroxylation sites is 1. The topological polar surface area (TPSA) is 96.2 Å².